The number of hydrogen-bond acceptors (Lipinski definition) is 1. The van der Waals surface area contributed by atoms with E-state index in [0.717, 1.165) is 6.07 Å². The third-order valence-corrected chi connectivity index (χ3v) is 2.25. The van der Waals surface area contributed by atoms with Crippen molar-refractivity contribution in [1.29, 1.82) is 0 Å². The van der Waals surface area contributed by atoms with Gasteiger partial charge >= 0.3 is 0 Å². The van der Waals surface area contributed by atoms with Crippen LogP contribution in [-0.2, 0) is 6.54 Å². The van der Waals surface area contributed by atoms with Crippen LogP contribution in [0.25, 0.3) is 0 Å². The lowest BCUT2D eigenvalue weighted by Gasteiger charge is -2.06. The molecule has 0 spiro atoms. The summed E-state index contributed by atoms with van der Waals surface area (Å²) in [6.07, 6.45) is 1.56. The zero-order valence-corrected chi connectivity index (χ0v) is 8.36. The first-order valence-electron chi connectivity index (χ1n) is 4.76. The van der Waals surface area contributed by atoms with E-state index in [9.17, 15) is 13.6 Å². The molecule has 0 aliphatic carbocycles. The lowest BCUT2D eigenvalue weighted by Crippen LogP contribution is -2.18. The van der Waals surface area contributed by atoms with Gasteiger partial charge in [-0.25, -0.2) is 8.78 Å². The maximum absolute atomic E-state index is 13.3. The summed E-state index contributed by atoms with van der Waals surface area (Å²) >= 11 is 0. The molecule has 1 aromatic carbocycles. The molecule has 0 bridgehead atoms. The minimum atomic E-state index is -0.643. The van der Waals surface area contributed by atoms with Gasteiger partial charge in [-0.05, 0) is 12.1 Å². The highest BCUT2D eigenvalue weighted by Crippen LogP contribution is 2.10. The second-order valence-corrected chi connectivity index (χ2v) is 3.40. The van der Waals surface area contributed by atoms with Crippen molar-refractivity contribution in [1.82, 2.24) is 4.57 Å². The number of halogens is 2. The second kappa shape index (κ2) is 4.26. The number of aromatic nitrogens is 1. The van der Waals surface area contributed by atoms with Crippen LogP contribution in [0.4, 0.5) is 8.78 Å². The predicted octanol–water partition coefficient (Wildman–Crippen LogP) is 2.17. The first kappa shape index (κ1) is 10.5. The van der Waals surface area contributed by atoms with Crippen molar-refractivity contribution in [3.05, 3.63) is 70.1 Å². The molecule has 4 heteroatoms. The minimum Gasteiger partial charge on any atom is -0.311 e. The normalized spacial score (nSPS) is 10.4. The van der Waals surface area contributed by atoms with Crippen molar-refractivity contribution in [2.45, 2.75) is 6.54 Å². The van der Waals surface area contributed by atoms with Gasteiger partial charge in [0.15, 0.2) is 0 Å². The van der Waals surface area contributed by atoms with E-state index >= 15 is 0 Å². The summed E-state index contributed by atoms with van der Waals surface area (Å²) in [4.78, 5) is 11.4. The van der Waals surface area contributed by atoms with Crippen molar-refractivity contribution in [2.24, 2.45) is 0 Å². The van der Waals surface area contributed by atoms with Gasteiger partial charge in [0, 0.05) is 23.9 Å². The summed E-state index contributed by atoms with van der Waals surface area (Å²) in [7, 11) is 0. The third kappa shape index (κ3) is 2.16. The van der Waals surface area contributed by atoms with E-state index in [1.807, 2.05) is 0 Å². The molecule has 0 aliphatic rings. The molecule has 0 amide bonds. The van der Waals surface area contributed by atoms with Crippen LogP contribution >= 0.6 is 0 Å². The van der Waals surface area contributed by atoms with Crippen molar-refractivity contribution in [3.8, 4) is 0 Å². The van der Waals surface area contributed by atoms with Crippen LogP contribution in [0.5, 0.6) is 0 Å². The Morgan fingerprint density at radius 3 is 2.62 bits per heavy atom. The van der Waals surface area contributed by atoms with Crippen molar-refractivity contribution in [3.63, 3.8) is 0 Å². The van der Waals surface area contributed by atoms with E-state index in [0.29, 0.717) is 0 Å². The van der Waals surface area contributed by atoms with Crippen molar-refractivity contribution in [2.75, 3.05) is 0 Å². The minimum absolute atomic E-state index is 0.103. The highest BCUT2D eigenvalue weighted by Gasteiger charge is 2.04. The van der Waals surface area contributed by atoms with Gasteiger partial charge in [0.1, 0.15) is 11.6 Å². The van der Waals surface area contributed by atoms with Crippen LogP contribution in [0.3, 0.4) is 0 Å². The molecular formula is C12H9F2NO. The molecule has 2 aromatic rings. The highest BCUT2D eigenvalue weighted by molar-refractivity contribution is 5.19. The van der Waals surface area contributed by atoms with Crippen LogP contribution in [-0.4, -0.2) is 4.57 Å². The van der Waals surface area contributed by atoms with E-state index in [2.05, 4.69) is 0 Å². The number of hydrogen-bond donors (Lipinski definition) is 0. The van der Waals surface area contributed by atoms with Crippen LogP contribution in [0.2, 0.25) is 0 Å². The Kier molecular flexibility index (Phi) is 2.81. The quantitative estimate of drug-likeness (QED) is 0.761. The Hall–Kier alpha value is -1.97. The van der Waals surface area contributed by atoms with Gasteiger partial charge in [-0.15, -0.1) is 0 Å². The summed E-state index contributed by atoms with van der Waals surface area (Å²) in [6.45, 7) is 0.103. The van der Waals surface area contributed by atoms with E-state index in [1.165, 1.54) is 22.8 Å². The van der Waals surface area contributed by atoms with Crippen LogP contribution in [0.1, 0.15) is 5.56 Å². The molecule has 16 heavy (non-hydrogen) atoms. The maximum atomic E-state index is 13.3. The molecule has 0 N–H and O–H groups in total. The Balaban J connectivity index is 2.35. The lowest BCUT2D eigenvalue weighted by molar-refractivity contribution is 0.564. The molecule has 2 rings (SSSR count). The number of nitrogens with zero attached hydrogens (tertiary/aromatic N) is 1. The van der Waals surface area contributed by atoms with Gasteiger partial charge in [-0.2, -0.15) is 0 Å². The molecule has 0 aliphatic heterocycles. The molecule has 0 fully saturated rings. The highest BCUT2D eigenvalue weighted by atomic mass is 19.1. The molecular weight excluding hydrogens is 212 g/mol. The molecule has 0 saturated heterocycles. The zero-order chi connectivity index (χ0) is 11.5. The Labute approximate surface area is 90.8 Å². The number of benzene rings is 1. The number of rotatable bonds is 2. The van der Waals surface area contributed by atoms with Gasteiger partial charge in [-0.1, -0.05) is 12.1 Å². The molecule has 0 saturated carbocycles. The summed E-state index contributed by atoms with van der Waals surface area (Å²) in [5, 5.41) is 0. The topological polar surface area (TPSA) is 22.0 Å². The van der Waals surface area contributed by atoms with Gasteiger partial charge in [0.2, 0.25) is 0 Å². The molecule has 2 nitrogen and oxygen atoms in total. The lowest BCUT2D eigenvalue weighted by atomic mass is 10.2. The molecule has 0 atom stereocenters. The first-order chi connectivity index (χ1) is 7.66. The van der Waals surface area contributed by atoms with E-state index in [4.69, 9.17) is 0 Å². The molecule has 1 aromatic heterocycles. The van der Waals surface area contributed by atoms with E-state index in [1.54, 1.807) is 18.3 Å². The Bertz CT molecular complexity index is 563. The molecule has 0 unspecified atom stereocenters. The summed E-state index contributed by atoms with van der Waals surface area (Å²) < 4.78 is 27.3. The summed E-state index contributed by atoms with van der Waals surface area (Å²) in [5.74, 6) is -1.27. The number of pyridine rings is 1. The SMILES string of the molecule is O=c1ccccn1Cc1ccc(F)cc1F. The second-order valence-electron chi connectivity index (χ2n) is 3.40. The smallest absolute Gasteiger partial charge is 0.250 e. The van der Waals surface area contributed by atoms with E-state index in [-0.39, 0.29) is 17.7 Å². The Morgan fingerprint density at radius 2 is 1.94 bits per heavy atom. The monoisotopic (exact) mass is 221 g/mol. The average Bonchev–Trinajstić information content (AvgIpc) is 2.25. The van der Waals surface area contributed by atoms with Gasteiger partial charge in [0.05, 0.1) is 6.54 Å². The van der Waals surface area contributed by atoms with Gasteiger partial charge < -0.3 is 4.57 Å². The fraction of sp³-hybridized carbons (Fsp3) is 0.0833. The van der Waals surface area contributed by atoms with Crippen LogP contribution in [0, 0.1) is 11.6 Å². The summed E-state index contributed by atoms with van der Waals surface area (Å²) in [5.41, 5.74) is 0.0703. The van der Waals surface area contributed by atoms with E-state index < -0.39 is 11.6 Å². The Morgan fingerprint density at radius 1 is 1.12 bits per heavy atom. The standard InChI is InChI=1S/C12H9F2NO/c13-10-5-4-9(11(14)7-10)8-15-6-2-1-3-12(15)16/h1-7H,8H2. The average molecular weight is 221 g/mol. The third-order valence-electron chi connectivity index (χ3n) is 2.25. The molecule has 82 valence electrons. The summed E-state index contributed by atoms with van der Waals surface area (Å²) in [6, 6.07) is 8.00. The predicted molar refractivity (Wildman–Crippen MR) is 56.2 cm³/mol. The van der Waals surface area contributed by atoms with Crippen molar-refractivity contribution < 1.29 is 8.78 Å². The molecule has 0 radical (unpaired) electrons. The zero-order valence-electron chi connectivity index (χ0n) is 8.36. The maximum Gasteiger partial charge on any atom is 0.250 e. The van der Waals surface area contributed by atoms with Gasteiger partial charge in [0.25, 0.3) is 5.56 Å². The van der Waals surface area contributed by atoms with Gasteiger partial charge in [-0.3, -0.25) is 4.79 Å². The van der Waals surface area contributed by atoms with Crippen molar-refractivity contribution >= 4 is 0 Å². The largest absolute Gasteiger partial charge is 0.311 e. The first-order valence-corrected chi connectivity index (χ1v) is 4.76. The van der Waals surface area contributed by atoms with Crippen LogP contribution in [0.15, 0.2) is 47.4 Å². The fourth-order valence-electron chi connectivity index (χ4n) is 1.42. The van der Waals surface area contributed by atoms with Crippen LogP contribution < -0.4 is 5.56 Å². The molecule has 1 heterocycles. The fourth-order valence-corrected chi connectivity index (χ4v) is 1.42.